The Morgan fingerprint density at radius 2 is 2.03 bits per heavy atom. The topological polar surface area (TPSA) is 62.4 Å². The van der Waals surface area contributed by atoms with E-state index < -0.39 is 0 Å². The number of amides is 1. The molecular formula is C23H36FN3O2. The van der Waals surface area contributed by atoms with Crippen molar-refractivity contribution in [3.63, 3.8) is 0 Å². The van der Waals surface area contributed by atoms with Crippen molar-refractivity contribution in [1.29, 1.82) is 0 Å². The van der Waals surface area contributed by atoms with Crippen LogP contribution in [0.4, 0.5) is 10.1 Å². The zero-order chi connectivity index (χ0) is 21.2. The van der Waals surface area contributed by atoms with Crippen LogP contribution in [0.25, 0.3) is 0 Å². The zero-order valence-electron chi connectivity index (χ0n) is 18.1. The largest absolute Gasteiger partial charge is 0.385 e. The van der Waals surface area contributed by atoms with Crippen molar-refractivity contribution in [2.24, 2.45) is 0 Å². The maximum Gasteiger partial charge on any atom is 0.217 e. The van der Waals surface area contributed by atoms with Gasteiger partial charge in [0.25, 0.3) is 0 Å². The zero-order valence-corrected chi connectivity index (χ0v) is 18.1. The Kier molecular flexibility index (Phi) is 9.61. The van der Waals surface area contributed by atoms with Crippen LogP contribution in [0.15, 0.2) is 30.4 Å². The normalized spacial score (nSPS) is 21.4. The van der Waals surface area contributed by atoms with E-state index in [1.54, 1.807) is 13.0 Å². The molecule has 1 aromatic carbocycles. The van der Waals surface area contributed by atoms with Crippen molar-refractivity contribution < 1.29 is 13.9 Å². The number of nitrogens with one attached hydrogen (secondary N) is 3. The first-order chi connectivity index (χ1) is 13.9. The van der Waals surface area contributed by atoms with Crippen molar-refractivity contribution in [3.8, 4) is 0 Å². The molecule has 1 aromatic rings. The van der Waals surface area contributed by atoms with Crippen LogP contribution in [0.5, 0.6) is 0 Å². The van der Waals surface area contributed by atoms with Crippen LogP contribution in [-0.4, -0.2) is 43.3 Å². The Balaban J connectivity index is 1.85. The lowest BCUT2D eigenvalue weighted by atomic mass is 9.92. The van der Waals surface area contributed by atoms with Gasteiger partial charge in [-0.2, -0.15) is 0 Å². The van der Waals surface area contributed by atoms with Crippen molar-refractivity contribution in [2.45, 2.75) is 77.7 Å². The molecule has 0 bridgehead atoms. The fraction of sp³-hybridized carbons (Fsp3) is 0.609. The number of hydrogen-bond donors (Lipinski definition) is 3. The van der Waals surface area contributed by atoms with E-state index in [-0.39, 0.29) is 36.0 Å². The van der Waals surface area contributed by atoms with Gasteiger partial charge in [-0.25, -0.2) is 4.39 Å². The smallest absolute Gasteiger partial charge is 0.217 e. The van der Waals surface area contributed by atoms with E-state index in [1.165, 1.54) is 12.1 Å². The molecule has 0 saturated heterocycles. The average Bonchev–Trinajstić information content (AvgIpc) is 2.68. The summed E-state index contributed by atoms with van der Waals surface area (Å²) >= 11 is 0. The molecule has 5 nitrogen and oxygen atoms in total. The summed E-state index contributed by atoms with van der Waals surface area (Å²) in [5.74, 6) is -0.252. The van der Waals surface area contributed by atoms with Crippen LogP contribution in [-0.2, 0) is 9.53 Å². The number of ether oxygens (including phenoxy) is 1. The maximum absolute atomic E-state index is 13.2. The third-order valence-electron chi connectivity index (χ3n) is 5.40. The van der Waals surface area contributed by atoms with Gasteiger partial charge in [0.05, 0.1) is 18.2 Å². The van der Waals surface area contributed by atoms with E-state index in [2.05, 4.69) is 41.9 Å². The van der Waals surface area contributed by atoms with E-state index in [0.29, 0.717) is 0 Å². The second-order valence-corrected chi connectivity index (χ2v) is 7.73. The molecule has 29 heavy (non-hydrogen) atoms. The van der Waals surface area contributed by atoms with E-state index in [1.807, 2.05) is 6.92 Å². The minimum absolute atomic E-state index is 0.0382. The molecular weight excluding hydrogens is 369 g/mol. The maximum atomic E-state index is 13.2. The van der Waals surface area contributed by atoms with Gasteiger partial charge in [0.15, 0.2) is 0 Å². The summed E-state index contributed by atoms with van der Waals surface area (Å²) in [6.45, 7) is 9.31. The molecule has 3 atom stereocenters. The fourth-order valence-corrected chi connectivity index (χ4v) is 3.74. The summed E-state index contributed by atoms with van der Waals surface area (Å²) < 4.78 is 19.5. The number of anilines is 1. The average molecular weight is 406 g/mol. The number of hydrogen-bond acceptors (Lipinski definition) is 4. The highest BCUT2D eigenvalue weighted by molar-refractivity contribution is 5.73. The molecule has 0 spiro atoms. The fourth-order valence-electron chi connectivity index (χ4n) is 3.74. The molecule has 1 amide bonds. The third kappa shape index (κ3) is 7.44. The SMILES string of the molecule is CCC(CC)O[C@@H]1C=CC[C@H](NCCCNc2ccc(F)cc2C)[C@H]1NC(C)=O. The number of halogens is 1. The second-order valence-electron chi connectivity index (χ2n) is 7.73. The highest BCUT2D eigenvalue weighted by Gasteiger charge is 2.32. The van der Waals surface area contributed by atoms with Crippen LogP contribution in [0.1, 0.15) is 52.0 Å². The Morgan fingerprint density at radius 1 is 1.28 bits per heavy atom. The van der Waals surface area contributed by atoms with Gasteiger partial charge in [-0.3, -0.25) is 4.79 Å². The van der Waals surface area contributed by atoms with Gasteiger partial charge in [0, 0.05) is 25.2 Å². The van der Waals surface area contributed by atoms with Crippen molar-refractivity contribution in [2.75, 3.05) is 18.4 Å². The van der Waals surface area contributed by atoms with Crippen molar-refractivity contribution in [1.82, 2.24) is 10.6 Å². The van der Waals surface area contributed by atoms with E-state index in [9.17, 15) is 9.18 Å². The van der Waals surface area contributed by atoms with Crippen molar-refractivity contribution >= 4 is 11.6 Å². The van der Waals surface area contributed by atoms with Crippen LogP contribution in [0.3, 0.4) is 0 Å². The summed E-state index contributed by atoms with van der Waals surface area (Å²) in [7, 11) is 0. The van der Waals surface area contributed by atoms with Gasteiger partial charge in [0.2, 0.25) is 5.91 Å². The number of carbonyl (C=O) groups excluding carboxylic acids is 1. The van der Waals surface area contributed by atoms with E-state index in [4.69, 9.17) is 4.74 Å². The number of rotatable bonds is 11. The second kappa shape index (κ2) is 11.9. The molecule has 2 rings (SSSR count). The number of benzene rings is 1. The number of carbonyl (C=O) groups is 1. The number of aryl methyl sites for hydroxylation is 1. The minimum atomic E-state index is -0.214. The molecule has 162 valence electrons. The molecule has 0 radical (unpaired) electrons. The summed E-state index contributed by atoms with van der Waals surface area (Å²) in [5, 5.41) is 10.0. The molecule has 3 N–H and O–H groups in total. The summed E-state index contributed by atoms with van der Waals surface area (Å²) in [6, 6.07) is 4.84. The van der Waals surface area contributed by atoms with Crippen LogP contribution >= 0.6 is 0 Å². The van der Waals surface area contributed by atoms with Gasteiger partial charge in [-0.1, -0.05) is 26.0 Å². The van der Waals surface area contributed by atoms with Crippen LogP contribution in [0, 0.1) is 12.7 Å². The molecule has 1 aliphatic rings. The first-order valence-electron chi connectivity index (χ1n) is 10.8. The Labute approximate surface area is 174 Å². The monoisotopic (exact) mass is 405 g/mol. The van der Waals surface area contributed by atoms with Crippen LogP contribution in [0.2, 0.25) is 0 Å². The predicted molar refractivity (Wildman–Crippen MR) is 117 cm³/mol. The lowest BCUT2D eigenvalue weighted by Crippen LogP contribution is -2.57. The molecule has 0 aliphatic heterocycles. The van der Waals surface area contributed by atoms with Gasteiger partial charge in [0.1, 0.15) is 5.82 Å². The Hall–Kier alpha value is -1.92. The van der Waals surface area contributed by atoms with Gasteiger partial charge >= 0.3 is 0 Å². The molecule has 0 saturated carbocycles. The standard InChI is InChI=1S/C23H36FN3O2/c1-5-19(6-2)29-22-10-7-9-21(23(22)27-17(4)28)26-14-8-13-25-20-12-11-18(24)15-16(20)3/h7,10-12,15,19,21-23,25-26H,5-6,8-9,13-14H2,1-4H3,(H,27,28)/t21-,22+,23+/m0/s1. The summed E-state index contributed by atoms with van der Waals surface area (Å²) in [6.07, 6.45) is 8.00. The Morgan fingerprint density at radius 3 is 2.69 bits per heavy atom. The first kappa shape index (κ1) is 23.4. The van der Waals surface area contributed by atoms with Gasteiger partial charge in [-0.05, 0) is 62.9 Å². The highest BCUT2D eigenvalue weighted by atomic mass is 19.1. The van der Waals surface area contributed by atoms with Gasteiger partial charge < -0.3 is 20.7 Å². The third-order valence-corrected chi connectivity index (χ3v) is 5.40. The first-order valence-corrected chi connectivity index (χ1v) is 10.8. The molecule has 0 fully saturated rings. The van der Waals surface area contributed by atoms with Gasteiger partial charge in [-0.15, -0.1) is 0 Å². The summed E-state index contributed by atoms with van der Waals surface area (Å²) in [5.41, 5.74) is 1.87. The molecule has 0 aromatic heterocycles. The van der Waals surface area contributed by atoms with E-state index in [0.717, 1.165) is 50.0 Å². The quantitative estimate of drug-likeness (QED) is 0.386. The van der Waals surface area contributed by atoms with Crippen LogP contribution < -0.4 is 16.0 Å². The summed E-state index contributed by atoms with van der Waals surface area (Å²) in [4.78, 5) is 11.8. The molecule has 0 unspecified atom stereocenters. The predicted octanol–water partition coefficient (Wildman–Crippen LogP) is 3.93. The Bertz CT molecular complexity index is 676. The highest BCUT2D eigenvalue weighted by Crippen LogP contribution is 2.20. The molecule has 6 heteroatoms. The lowest BCUT2D eigenvalue weighted by Gasteiger charge is -2.37. The minimum Gasteiger partial charge on any atom is -0.385 e. The lowest BCUT2D eigenvalue weighted by molar-refractivity contribution is -0.121. The molecule has 1 aliphatic carbocycles. The molecule has 0 heterocycles. The van der Waals surface area contributed by atoms with Crippen molar-refractivity contribution in [3.05, 3.63) is 41.7 Å². The van der Waals surface area contributed by atoms with E-state index >= 15 is 0 Å².